The van der Waals surface area contributed by atoms with Crippen molar-refractivity contribution >= 4 is 0 Å². The molecule has 0 spiro atoms. The predicted molar refractivity (Wildman–Crippen MR) is 94.2 cm³/mol. The molecule has 0 amide bonds. The Balaban J connectivity index is 1.66. The number of aromatic nitrogens is 2. The molecular formula is C20H23N3O. The molecule has 1 atom stereocenters. The minimum atomic E-state index is -0.201. The van der Waals surface area contributed by atoms with E-state index in [0.717, 1.165) is 36.3 Å². The number of piperidine rings is 1. The molecule has 1 aromatic carbocycles. The van der Waals surface area contributed by atoms with Gasteiger partial charge in [-0.2, -0.15) is 0 Å². The summed E-state index contributed by atoms with van der Waals surface area (Å²) in [6, 6.07) is 9.89. The first-order valence-electron chi connectivity index (χ1n) is 8.34. The zero-order chi connectivity index (χ0) is 17.0. The Morgan fingerprint density at radius 3 is 2.46 bits per heavy atom. The first-order valence-corrected chi connectivity index (χ1v) is 8.34. The van der Waals surface area contributed by atoms with Crippen LogP contribution in [-0.2, 0) is 6.54 Å². The zero-order valence-corrected chi connectivity index (χ0v) is 14.2. The van der Waals surface area contributed by atoms with Crippen LogP contribution in [0.1, 0.15) is 43.6 Å². The van der Waals surface area contributed by atoms with Gasteiger partial charge < -0.3 is 5.11 Å². The molecule has 0 bridgehead atoms. The molecule has 1 N–H and O–H groups in total. The predicted octanol–water partition coefficient (Wildman–Crippen LogP) is 2.61. The number of rotatable bonds is 2. The van der Waals surface area contributed by atoms with Crippen molar-refractivity contribution in [3.8, 4) is 11.8 Å². The number of hydrogen-bond donors (Lipinski definition) is 1. The van der Waals surface area contributed by atoms with E-state index in [2.05, 4.69) is 40.6 Å². The van der Waals surface area contributed by atoms with E-state index >= 15 is 0 Å². The Morgan fingerprint density at radius 1 is 1.12 bits per heavy atom. The van der Waals surface area contributed by atoms with Crippen molar-refractivity contribution in [2.75, 3.05) is 6.54 Å². The Labute approximate surface area is 143 Å². The lowest BCUT2D eigenvalue weighted by molar-refractivity contribution is -0.00852. The van der Waals surface area contributed by atoms with Crippen LogP contribution >= 0.6 is 0 Å². The molecule has 1 aliphatic heterocycles. The van der Waals surface area contributed by atoms with Gasteiger partial charge in [0.2, 0.25) is 0 Å². The Morgan fingerprint density at radius 2 is 1.79 bits per heavy atom. The van der Waals surface area contributed by atoms with Crippen LogP contribution in [0.5, 0.6) is 0 Å². The maximum atomic E-state index is 9.84. The van der Waals surface area contributed by atoms with Gasteiger partial charge in [-0.25, -0.2) is 9.97 Å². The highest BCUT2D eigenvalue weighted by atomic mass is 16.3. The quantitative estimate of drug-likeness (QED) is 0.864. The smallest absolute Gasteiger partial charge is 0.142 e. The van der Waals surface area contributed by atoms with Gasteiger partial charge in [0.05, 0.1) is 18.2 Å². The van der Waals surface area contributed by atoms with E-state index in [9.17, 15) is 5.11 Å². The molecule has 1 aliphatic rings. The highest BCUT2D eigenvalue weighted by Crippen LogP contribution is 2.28. The van der Waals surface area contributed by atoms with Crippen LogP contribution in [0.3, 0.4) is 0 Å². The van der Waals surface area contributed by atoms with Crippen LogP contribution in [0.15, 0.2) is 42.7 Å². The summed E-state index contributed by atoms with van der Waals surface area (Å²) >= 11 is 0. The van der Waals surface area contributed by atoms with Gasteiger partial charge >= 0.3 is 0 Å². The lowest BCUT2D eigenvalue weighted by Crippen LogP contribution is -2.51. The number of aliphatic hydroxyl groups excluding tert-OH is 1. The summed E-state index contributed by atoms with van der Waals surface area (Å²) in [7, 11) is 0. The van der Waals surface area contributed by atoms with Crippen LogP contribution in [-0.4, -0.2) is 38.2 Å². The van der Waals surface area contributed by atoms with Gasteiger partial charge in [-0.05, 0) is 38.8 Å². The van der Waals surface area contributed by atoms with E-state index in [1.54, 1.807) is 12.4 Å². The zero-order valence-electron chi connectivity index (χ0n) is 14.2. The lowest BCUT2D eigenvalue weighted by atomic mass is 9.88. The lowest BCUT2D eigenvalue weighted by Gasteiger charge is -2.44. The molecule has 1 fully saturated rings. The van der Waals surface area contributed by atoms with Crippen molar-refractivity contribution in [3.63, 3.8) is 0 Å². The van der Waals surface area contributed by atoms with E-state index in [1.807, 2.05) is 30.3 Å². The number of hydrogen-bond acceptors (Lipinski definition) is 4. The van der Waals surface area contributed by atoms with Gasteiger partial charge in [0.1, 0.15) is 5.82 Å². The number of likely N-dealkylation sites (tertiary alicyclic amines) is 1. The molecule has 124 valence electrons. The van der Waals surface area contributed by atoms with E-state index < -0.39 is 0 Å². The van der Waals surface area contributed by atoms with Crippen LogP contribution in [0.25, 0.3) is 0 Å². The van der Waals surface area contributed by atoms with Gasteiger partial charge in [0.15, 0.2) is 0 Å². The van der Waals surface area contributed by atoms with Crippen molar-refractivity contribution in [3.05, 3.63) is 59.7 Å². The topological polar surface area (TPSA) is 49.2 Å². The van der Waals surface area contributed by atoms with E-state index in [-0.39, 0.29) is 11.6 Å². The third-order valence-corrected chi connectivity index (χ3v) is 4.49. The number of benzene rings is 1. The second kappa shape index (κ2) is 7.12. The Bertz CT molecular complexity index is 729. The highest BCUT2D eigenvalue weighted by Gasteiger charge is 2.34. The maximum absolute atomic E-state index is 9.84. The van der Waals surface area contributed by atoms with Crippen LogP contribution < -0.4 is 0 Å². The molecule has 3 rings (SSSR count). The fourth-order valence-corrected chi connectivity index (χ4v) is 3.05. The average molecular weight is 321 g/mol. The molecule has 1 saturated heterocycles. The van der Waals surface area contributed by atoms with Crippen LogP contribution in [0.4, 0.5) is 0 Å². The molecule has 1 aromatic heterocycles. The van der Waals surface area contributed by atoms with Crippen molar-refractivity contribution < 1.29 is 5.11 Å². The number of aliphatic hydroxyl groups is 1. The molecule has 4 nitrogen and oxygen atoms in total. The van der Waals surface area contributed by atoms with Crippen LogP contribution in [0, 0.1) is 11.8 Å². The molecule has 0 radical (unpaired) electrons. The third-order valence-electron chi connectivity index (χ3n) is 4.49. The third kappa shape index (κ3) is 4.19. The summed E-state index contributed by atoms with van der Waals surface area (Å²) in [5.74, 6) is 7.00. The Kier molecular flexibility index (Phi) is 4.94. The normalized spacial score (nSPS) is 20.2. The first kappa shape index (κ1) is 16.6. The van der Waals surface area contributed by atoms with Crippen molar-refractivity contribution in [1.29, 1.82) is 0 Å². The van der Waals surface area contributed by atoms with Gasteiger partial charge in [0.25, 0.3) is 0 Å². The van der Waals surface area contributed by atoms with E-state index in [4.69, 9.17) is 0 Å². The van der Waals surface area contributed by atoms with Gasteiger partial charge in [-0.3, -0.25) is 4.90 Å². The largest absolute Gasteiger partial charge is 0.393 e. The Hall–Kier alpha value is -2.22. The van der Waals surface area contributed by atoms with Crippen LogP contribution in [0.2, 0.25) is 0 Å². The fraction of sp³-hybridized carbons (Fsp3) is 0.400. The first-order chi connectivity index (χ1) is 11.5. The molecule has 4 heteroatoms. The van der Waals surface area contributed by atoms with Gasteiger partial charge in [-0.15, -0.1) is 0 Å². The van der Waals surface area contributed by atoms with E-state index in [0.29, 0.717) is 6.54 Å². The molecule has 0 saturated carbocycles. The SMILES string of the molecule is CC1(C)C[C@@H](O)CCN1Cc1ncc(C#Cc2ccccc2)cn1. The van der Waals surface area contributed by atoms with Crippen molar-refractivity contribution in [2.45, 2.75) is 44.9 Å². The molecule has 0 unspecified atom stereocenters. The minimum absolute atomic E-state index is 0.0349. The average Bonchev–Trinajstić information content (AvgIpc) is 2.57. The molecule has 2 heterocycles. The minimum Gasteiger partial charge on any atom is -0.393 e. The summed E-state index contributed by atoms with van der Waals surface area (Å²) in [5, 5.41) is 9.84. The summed E-state index contributed by atoms with van der Waals surface area (Å²) in [6.45, 7) is 5.89. The van der Waals surface area contributed by atoms with Gasteiger partial charge in [0, 0.05) is 30.0 Å². The van der Waals surface area contributed by atoms with E-state index in [1.165, 1.54) is 0 Å². The summed E-state index contributed by atoms with van der Waals surface area (Å²) < 4.78 is 0. The second-order valence-electron chi connectivity index (χ2n) is 6.88. The van der Waals surface area contributed by atoms with Gasteiger partial charge in [-0.1, -0.05) is 30.0 Å². The second-order valence-corrected chi connectivity index (χ2v) is 6.88. The van der Waals surface area contributed by atoms with Crippen molar-refractivity contribution in [2.24, 2.45) is 0 Å². The van der Waals surface area contributed by atoms with Crippen molar-refractivity contribution in [1.82, 2.24) is 14.9 Å². The maximum Gasteiger partial charge on any atom is 0.142 e. The summed E-state index contributed by atoms with van der Waals surface area (Å²) in [5.41, 5.74) is 1.76. The monoisotopic (exact) mass is 321 g/mol. The summed E-state index contributed by atoms with van der Waals surface area (Å²) in [6.07, 6.45) is 4.96. The molecule has 24 heavy (non-hydrogen) atoms. The summed E-state index contributed by atoms with van der Waals surface area (Å²) in [4.78, 5) is 11.2. The molecular weight excluding hydrogens is 298 g/mol. The standard InChI is InChI=1S/C20H23N3O/c1-20(2)12-18(24)10-11-23(20)15-19-21-13-17(14-22-19)9-8-16-6-4-3-5-7-16/h3-7,13-14,18,24H,10-12,15H2,1-2H3/t18-/m0/s1. The number of nitrogens with zero attached hydrogens (tertiary/aromatic N) is 3. The molecule has 0 aliphatic carbocycles. The fourth-order valence-electron chi connectivity index (χ4n) is 3.05. The molecule has 2 aromatic rings. The highest BCUT2D eigenvalue weighted by molar-refractivity contribution is 5.40.